The monoisotopic (exact) mass is 731 g/mol. The van der Waals surface area contributed by atoms with Crippen molar-refractivity contribution in [2.45, 2.75) is 70.9 Å². The van der Waals surface area contributed by atoms with E-state index in [9.17, 15) is 9.59 Å². The molecular formula is C40H44F3N5O5. The highest BCUT2D eigenvalue weighted by atomic mass is 19.4. The minimum Gasteiger partial charge on any atom is -0.464 e. The summed E-state index contributed by atoms with van der Waals surface area (Å²) in [6.45, 7) is 8.37. The van der Waals surface area contributed by atoms with Crippen LogP contribution in [0.5, 0.6) is 5.88 Å². The van der Waals surface area contributed by atoms with Crippen molar-refractivity contribution < 1.29 is 37.0 Å². The molecule has 280 valence electrons. The van der Waals surface area contributed by atoms with Crippen LogP contribution < -0.4 is 15.4 Å². The van der Waals surface area contributed by atoms with E-state index in [1.165, 1.54) is 17.0 Å². The number of carbonyl (C=O) groups is 2. The first-order valence-electron chi connectivity index (χ1n) is 17.7. The van der Waals surface area contributed by atoms with Crippen LogP contribution in [0.3, 0.4) is 0 Å². The summed E-state index contributed by atoms with van der Waals surface area (Å²) in [6.07, 6.45) is -6.25. The first-order chi connectivity index (χ1) is 25.1. The molecule has 6 rings (SSSR count). The molecule has 1 unspecified atom stereocenters. The number of hydrogen-bond acceptors (Lipinski definition) is 9. The van der Waals surface area contributed by atoms with Crippen LogP contribution in [0, 0.1) is 5.41 Å². The van der Waals surface area contributed by atoms with E-state index in [-0.39, 0.29) is 24.0 Å². The number of nitrogen functional groups attached to an aromatic ring is 1. The smallest absolute Gasteiger partial charge is 0.429 e. The van der Waals surface area contributed by atoms with Gasteiger partial charge < -0.3 is 24.8 Å². The molecule has 2 N–H and O–H groups in total. The van der Waals surface area contributed by atoms with Gasteiger partial charge in [0.15, 0.2) is 0 Å². The number of amides is 1. The maximum absolute atomic E-state index is 15.1. The highest BCUT2D eigenvalue weighted by molar-refractivity contribution is 5.82. The quantitative estimate of drug-likeness (QED) is 0.179. The zero-order chi connectivity index (χ0) is 38.0. The van der Waals surface area contributed by atoms with Crippen LogP contribution in [-0.4, -0.2) is 71.0 Å². The summed E-state index contributed by atoms with van der Waals surface area (Å²) in [7, 11) is 0. The van der Waals surface area contributed by atoms with Gasteiger partial charge in [0.05, 0.1) is 6.61 Å². The molecular weight excluding hydrogens is 687 g/mol. The normalized spacial score (nSPS) is 17.8. The Hall–Kier alpha value is -5.33. The number of likely N-dealkylation sites (tertiary alicyclic amines) is 1. The van der Waals surface area contributed by atoms with Crippen LogP contribution in [0.15, 0.2) is 84.9 Å². The van der Waals surface area contributed by atoms with Gasteiger partial charge in [0, 0.05) is 31.3 Å². The average molecular weight is 732 g/mol. The number of carbonyl (C=O) groups excluding carboxylic acids is 2. The molecule has 2 fully saturated rings. The number of aromatic nitrogens is 2. The molecule has 3 aromatic carbocycles. The van der Waals surface area contributed by atoms with E-state index in [1.54, 1.807) is 70.2 Å². The van der Waals surface area contributed by atoms with Crippen molar-refractivity contribution in [1.29, 1.82) is 0 Å². The predicted molar refractivity (Wildman–Crippen MR) is 195 cm³/mol. The van der Waals surface area contributed by atoms with E-state index in [4.69, 9.17) is 19.9 Å². The Morgan fingerprint density at radius 1 is 0.906 bits per heavy atom. The number of ether oxygens (including phenoxy) is 3. The van der Waals surface area contributed by atoms with Crippen LogP contribution in [0.1, 0.15) is 58.6 Å². The molecule has 1 amide bonds. The average Bonchev–Trinajstić information content (AvgIpc) is 3.49. The Labute approximate surface area is 307 Å². The number of piperidine rings is 1. The number of hydrogen-bond donors (Lipinski definition) is 1. The Bertz CT molecular complexity index is 1910. The molecule has 2 saturated heterocycles. The summed E-state index contributed by atoms with van der Waals surface area (Å²) in [5.74, 6) is -0.724. The SMILES string of the molecule is CCOC(=O)[C@@H]1CC2(CCN(c3cc(OC(c4cc(-c5ccccc5)ccc4-c4ccccc4)C(F)(F)F)nc(N)n3)CC2)CN1C(=O)OC(C)(C)C. The number of rotatable bonds is 8. The fourth-order valence-electron chi connectivity index (χ4n) is 7.14. The fraction of sp³-hybridized carbons (Fsp3) is 0.400. The van der Waals surface area contributed by atoms with Gasteiger partial charge in [0.25, 0.3) is 0 Å². The zero-order valence-corrected chi connectivity index (χ0v) is 30.2. The molecule has 4 aromatic rings. The van der Waals surface area contributed by atoms with Gasteiger partial charge in [-0.1, -0.05) is 72.8 Å². The molecule has 3 heterocycles. The van der Waals surface area contributed by atoms with E-state index >= 15 is 13.2 Å². The second-order valence-corrected chi connectivity index (χ2v) is 14.6. The molecule has 53 heavy (non-hydrogen) atoms. The van der Waals surface area contributed by atoms with Crippen LogP contribution >= 0.6 is 0 Å². The van der Waals surface area contributed by atoms with Gasteiger partial charge in [0.2, 0.25) is 17.9 Å². The number of alkyl halides is 3. The molecule has 0 bridgehead atoms. The second-order valence-electron chi connectivity index (χ2n) is 14.6. The maximum atomic E-state index is 15.1. The summed E-state index contributed by atoms with van der Waals surface area (Å²) in [4.78, 5) is 37.9. The van der Waals surface area contributed by atoms with Gasteiger partial charge >= 0.3 is 18.2 Å². The molecule has 1 aromatic heterocycles. The molecule has 0 saturated carbocycles. The Balaban J connectivity index is 1.26. The Morgan fingerprint density at radius 3 is 2.15 bits per heavy atom. The first-order valence-corrected chi connectivity index (χ1v) is 17.7. The lowest BCUT2D eigenvalue weighted by Crippen LogP contribution is -2.45. The Morgan fingerprint density at radius 2 is 1.55 bits per heavy atom. The van der Waals surface area contributed by atoms with Crippen LogP contribution in [-0.2, 0) is 14.3 Å². The van der Waals surface area contributed by atoms with E-state index in [1.807, 2.05) is 35.2 Å². The van der Waals surface area contributed by atoms with Crippen molar-refractivity contribution in [3.05, 3.63) is 90.5 Å². The standard InChI is InChI=1S/C40H44F3N5O5/c1-5-51-35(49)31-24-39(25-48(31)37(50)53-38(2,3)4)18-20-47(21-19-39)32-23-33(46-36(44)45-32)52-34(40(41,42)43)30-22-28(26-12-8-6-9-13-26)16-17-29(30)27-14-10-7-11-15-27/h6-17,22-23,31,34H,5,18-21,24-25H2,1-4H3,(H2,44,45,46)/t31-,34?/m0/s1. The van der Waals surface area contributed by atoms with Gasteiger partial charge in [-0.25, -0.2) is 9.59 Å². The van der Waals surface area contributed by atoms with Gasteiger partial charge in [-0.15, -0.1) is 0 Å². The van der Waals surface area contributed by atoms with E-state index in [0.717, 1.165) is 5.56 Å². The van der Waals surface area contributed by atoms with Crippen molar-refractivity contribution in [3.63, 3.8) is 0 Å². The number of anilines is 2. The van der Waals surface area contributed by atoms with E-state index < -0.39 is 41.4 Å². The third kappa shape index (κ3) is 8.66. The fourth-order valence-corrected chi connectivity index (χ4v) is 7.14. The molecule has 13 heteroatoms. The summed E-state index contributed by atoms with van der Waals surface area (Å²) in [5, 5.41) is 0. The zero-order valence-electron chi connectivity index (χ0n) is 30.2. The van der Waals surface area contributed by atoms with Gasteiger partial charge in [0.1, 0.15) is 17.5 Å². The van der Waals surface area contributed by atoms with Gasteiger partial charge in [-0.2, -0.15) is 23.1 Å². The Kier molecular flexibility index (Phi) is 10.6. The van der Waals surface area contributed by atoms with Crippen molar-refractivity contribution in [1.82, 2.24) is 14.9 Å². The van der Waals surface area contributed by atoms with Gasteiger partial charge in [-0.3, -0.25) is 4.90 Å². The van der Waals surface area contributed by atoms with Crippen LogP contribution in [0.4, 0.5) is 29.7 Å². The minimum absolute atomic E-state index is 0.0735. The number of esters is 1. The third-order valence-corrected chi connectivity index (χ3v) is 9.61. The first kappa shape index (κ1) is 37.4. The lowest BCUT2D eigenvalue weighted by atomic mass is 9.76. The highest BCUT2D eigenvalue weighted by Gasteiger charge is 2.51. The minimum atomic E-state index is -4.83. The molecule has 0 aliphatic carbocycles. The number of nitrogens with two attached hydrogens (primary N) is 1. The number of nitrogens with zero attached hydrogens (tertiary/aromatic N) is 4. The molecule has 10 nitrogen and oxygen atoms in total. The molecule has 2 aliphatic heterocycles. The second kappa shape index (κ2) is 15.0. The van der Waals surface area contributed by atoms with Crippen molar-refractivity contribution in [3.8, 4) is 28.1 Å². The maximum Gasteiger partial charge on any atom is 0.429 e. The van der Waals surface area contributed by atoms with Crippen molar-refractivity contribution in [2.75, 3.05) is 36.9 Å². The summed E-state index contributed by atoms with van der Waals surface area (Å²) < 4.78 is 62.0. The van der Waals surface area contributed by atoms with E-state index in [0.29, 0.717) is 61.4 Å². The van der Waals surface area contributed by atoms with E-state index in [2.05, 4.69) is 9.97 Å². The van der Waals surface area contributed by atoms with Crippen molar-refractivity contribution >= 4 is 23.8 Å². The van der Waals surface area contributed by atoms with Gasteiger partial charge in [-0.05, 0) is 80.7 Å². The summed E-state index contributed by atoms with van der Waals surface area (Å²) in [6, 6.07) is 23.6. The van der Waals surface area contributed by atoms with Crippen LogP contribution in [0.2, 0.25) is 0 Å². The molecule has 1 spiro atoms. The van der Waals surface area contributed by atoms with Crippen LogP contribution in [0.25, 0.3) is 22.3 Å². The largest absolute Gasteiger partial charge is 0.464 e. The topological polar surface area (TPSA) is 120 Å². The third-order valence-electron chi connectivity index (χ3n) is 9.61. The molecule has 0 radical (unpaired) electrons. The summed E-state index contributed by atoms with van der Waals surface area (Å²) in [5.41, 5.74) is 7.20. The number of benzene rings is 3. The molecule has 2 atom stereocenters. The lowest BCUT2D eigenvalue weighted by molar-refractivity contribution is -0.198. The lowest BCUT2D eigenvalue weighted by Gasteiger charge is -2.39. The van der Waals surface area contributed by atoms with Crippen molar-refractivity contribution in [2.24, 2.45) is 5.41 Å². The highest BCUT2D eigenvalue weighted by Crippen LogP contribution is 2.46. The number of halogens is 3. The molecule has 2 aliphatic rings. The summed E-state index contributed by atoms with van der Waals surface area (Å²) >= 11 is 0. The predicted octanol–water partition coefficient (Wildman–Crippen LogP) is 8.23.